The SMILES string of the molecule is CCC1(C)C(=O)N(C)C(C)(CC)N1C.CCC1(C)C(=O)N(Cc2ccccc2)C(C)(CC)N1C.CCCCN1C(=O)C(C)(CC)N(C)C1(C)CC. The van der Waals surface area contributed by atoms with E-state index < -0.39 is 0 Å². The minimum Gasteiger partial charge on any atom is -0.326 e. The molecule has 3 saturated heterocycles. The van der Waals surface area contributed by atoms with Gasteiger partial charge < -0.3 is 14.7 Å². The number of nitrogens with zero attached hydrogens (tertiary/aromatic N) is 6. The van der Waals surface area contributed by atoms with E-state index in [1.54, 1.807) is 0 Å². The molecular weight excluding hydrogens is 637 g/mol. The number of unbranched alkanes of at least 4 members (excludes halogenated alkanes) is 1. The van der Waals surface area contributed by atoms with Crippen molar-refractivity contribution in [2.24, 2.45) is 0 Å². The standard InChI is InChI=1S/C17H26N2O.C14H28N2O.C11H22N2O/c1-6-16(3)15(20)19(17(4,7-2)18(16)5)13-14-11-9-8-10-12-14;1-7-10-11-16-12(17)13(4,8-2)15(6)14(16,5)9-3;1-7-10(3)9(14)12(5)11(4,8-2)13(10)6/h8-12H,6-7,13H2,1-5H3;7-11H2,1-6H3;7-8H2,1-6H3. The summed E-state index contributed by atoms with van der Waals surface area (Å²) in [6.45, 7) is 29.2. The fourth-order valence-corrected chi connectivity index (χ4v) is 8.37. The van der Waals surface area contributed by atoms with Gasteiger partial charge >= 0.3 is 0 Å². The molecular formula is C42H76N6O3. The summed E-state index contributed by atoms with van der Waals surface area (Å²) in [6.07, 6.45) is 7.67. The van der Waals surface area contributed by atoms with Crippen LogP contribution in [0.4, 0.5) is 0 Å². The lowest BCUT2D eigenvalue weighted by Gasteiger charge is -2.41. The van der Waals surface area contributed by atoms with Gasteiger partial charge in [0.25, 0.3) is 0 Å². The van der Waals surface area contributed by atoms with Crippen molar-refractivity contribution in [3.05, 3.63) is 35.9 Å². The van der Waals surface area contributed by atoms with E-state index in [4.69, 9.17) is 0 Å². The fraction of sp³-hybridized carbons (Fsp3) is 0.786. The molecule has 4 rings (SSSR count). The number of hydrogen-bond acceptors (Lipinski definition) is 6. The van der Waals surface area contributed by atoms with Gasteiger partial charge in [0, 0.05) is 20.1 Å². The average Bonchev–Trinajstić information content (AvgIpc) is 3.46. The van der Waals surface area contributed by atoms with Crippen LogP contribution in [0.2, 0.25) is 0 Å². The van der Waals surface area contributed by atoms with E-state index in [9.17, 15) is 14.4 Å². The van der Waals surface area contributed by atoms with Crippen molar-refractivity contribution in [1.82, 2.24) is 29.4 Å². The van der Waals surface area contributed by atoms with Crippen LogP contribution in [-0.2, 0) is 20.9 Å². The van der Waals surface area contributed by atoms with Crippen LogP contribution in [0.25, 0.3) is 0 Å². The van der Waals surface area contributed by atoms with Gasteiger partial charge in [0.2, 0.25) is 17.7 Å². The van der Waals surface area contributed by atoms with Crippen LogP contribution in [0, 0.1) is 0 Å². The summed E-state index contributed by atoms with van der Waals surface area (Å²) in [4.78, 5) is 50.5. The van der Waals surface area contributed by atoms with Gasteiger partial charge in [-0.1, -0.05) is 85.2 Å². The van der Waals surface area contributed by atoms with E-state index in [0.717, 1.165) is 57.9 Å². The Balaban J connectivity index is 0.000000270. The zero-order valence-electron chi connectivity index (χ0n) is 35.9. The van der Waals surface area contributed by atoms with Crippen molar-refractivity contribution in [3.63, 3.8) is 0 Å². The van der Waals surface area contributed by atoms with Crippen LogP contribution >= 0.6 is 0 Å². The summed E-state index contributed by atoms with van der Waals surface area (Å²) in [5, 5.41) is 0. The lowest BCUT2D eigenvalue weighted by atomic mass is 9.96. The molecule has 3 aliphatic rings. The van der Waals surface area contributed by atoms with Crippen molar-refractivity contribution in [2.45, 2.75) is 182 Å². The summed E-state index contributed by atoms with van der Waals surface area (Å²) >= 11 is 0. The highest BCUT2D eigenvalue weighted by atomic mass is 16.2. The van der Waals surface area contributed by atoms with E-state index in [1.807, 2.05) is 42.0 Å². The van der Waals surface area contributed by atoms with Crippen molar-refractivity contribution in [2.75, 3.05) is 34.7 Å². The topological polar surface area (TPSA) is 70.7 Å². The van der Waals surface area contributed by atoms with Crippen LogP contribution in [0.15, 0.2) is 30.3 Å². The summed E-state index contributed by atoms with van der Waals surface area (Å²) in [5.41, 5.74) is -0.289. The maximum absolute atomic E-state index is 12.9. The molecule has 0 N–H and O–H groups in total. The summed E-state index contributed by atoms with van der Waals surface area (Å²) in [6, 6.07) is 10.2. The van der Waals surface area contributed by atoms with E-state index in [-0.39, 0.29) is 45.4 Å². The van der Waals surface area contributed by atoms with Gasteiger partial charge in [0.05, 0.1) is 33.6 Å². The molecule has 0 radical (unpaired) electrons. The molecule has 3 fully saturated rings. The quantitative estimate of drug-likeness (QED) is 0.233. The summed E-state index contributed by atoms with van der Waals surface area (Å²) in [5.74, 6) is 0.794. The smallest absolute Gasteiger partial charge is 0.244 e. The summed E-state index contributed by atoms with van der Waals surface area (Å²) in [7, 11) is 8.13. The van der Waals surface area contributed by atoms with Crippen LogP contribution < -0.4 is 0 Å². The first kappa shape index (κ1) is 44.7. The Kier molecular flexibility index (Phi) is 14.6. The molecule has 3 aliphatic heterocycles. The van der Waals surface area contributed by atoms with E-state index in [2.05, 4.69) is 136 Å². The molecule has 0 aromatic heterocycles. The number of carbonyl (C=O) groups excluding carboxylic acids is 3. The van der Waals surface area contributed by atoms with E-state index in [0.29, 0.717) is 12.5 Å². The third-order valence-electron chi connectivity index (χ3n) is 14.4. The number of hydrogen-bond donors (Lipinski definition) is 0. The number of amides is 3. The van der Waals surface area contributed by atoms with Crippen molar-refractivity contribution in [1.29, 1.82) is 0 Å². The van der Waals surface area contributed by atoms with Crippen LogP contribution in [0.5, 0.6) is 0 Å². The molecule has 6 atom stereocenters. The Hall–Kier alpha value is -2.49. The highest BCUT2D eigenvalue weighted by molar-refractivity contribution is 5.90. The van der Waals surface area contributed by atoms with Gasteiger partial charge in [0.1, 0.15) is 0 Å². The van der Waals surface area contributed by atoms with Crippen molar-refractivity contribution in [3.8, 4) is 0 Å². The molecule has 9 heteroatoms. The molecule has 0 bridgehead atoms. The van der Waals surface area contributed by atoms with Crippen LogP contribution in [0.3, 0.4) is 0 Å². The number of likely N-dealkylation sites (N-methyl/N-ethyl adjacent to an activating group) is 4. The molecule has 292 valence electrons. The zero-order valence-corrected chi connectivity index (χ0v) is 35.9. The monoisotopic (exact) mass is 713 g/mol. The van der Waals surface area contributed by atoms with E-state index in [1.165, 1.54) is 5.56 Å². The molecule has 3 heterocycles. The highest BCUT2D eigenvalue weighted by Crippen LogP contribution is 2.43. The molecule has 51 heavy (non-hydrogen) atoms. The zero-order chi connectivity index (χ0) is 39.4. The van der Waals surface area contributed by atoms with Gasteiger partial charge in [0.15, 0.2) is 0 Å². The average molecular weight is 713 g/mol. The van der Waals surface area contributed by atoms with Crippen molar-refractivity contribution >= 4 is 17.7 Å². The van der Waals surface area contributed by atoms with Crippen molar-refractivity contribution < 1.29 is 14.4 Å². The third kappa shape index (κ3) is 7.37. The second-order valence-electron chi connectivity index (χ2n) is 16.3. The Bertz CT molecular complexity index is 1340. The second kappa shape index (κ2) is 16.7. The fourth-order valence-electron chi connectivity index (χ4n) is 8.37. The predicted molar refractivity (Wildman–Crippen MR) is 212 cm³/mol. The highest BCUT2D eigenvalue weighted by Gasteiger charge is 2.58. The lowest BCUT2D eigenvalue weighted by Crippen LogP contribution is -2.52. The molecule has 9 nitrogen and oxygen atoms in total. The molecule has 3 amide bonds. The first-order valence-corrected chi connectivity index (χ1v) is 19.8. The Morgan fingerprint density at radius 3 is 1.22 bits per heavy atom. The Labute approximate surface area is 313 Å². The molecule has 0 saturated carbocycles. The second-order valence-corrected chi connectivity index (χ2v) is 16.3. The Morgan fingerprint density at radius 1 is 0.490 bits per heavy atom. The largest absolute Gasteiger partial charge is 0.326 e. The first-order valence-electron chi connectivity index (χ1n) is 19.8. The predicted octanol–water partition coefficient (Wildman–Crippen LogP) is 7.80. The van der Waals surface area contributed by atoms with Gasteiger partial charge in [-0.2, -0.15) is 0 Å². The van der Waals surface area contributed by atoms with Gasteiger partial charge in [-0.15, -0.1) is 0 Å². The van der Waals surface area contributed by atoms with Gasteiger partial charge in [-0.25, -0.2) is 0 Å². The molecule has 0 spiro atoms. The maximum Gasteiger partial charge on any atom is 0.244 e. The lowest BCUT2D eigenvalue weighted by molar-refractivity contribution is -0.135. The van der Waals surface area contributed by atoms with Gasteiger partial charge in [-0.05, 0) is 113 Å². The number of carbonyl (C=O) groups is 3. The molecule has 0 aliphatic carbocycles. The molecule has 1 aromatic carbocycles. The number of rotatable bonds is 11. The minimum atomic E-state index is -0.389. The minimum absolute atomic E-state index is 0.114. The normalized spacial score (nSPS) is 34.6. The van der Waals surface area contributed by atoms with Crippen LogP contribution in [0.1, 0.15) is 147 Å². The number of benzene rings is 1. The summed E-state index contributed by atoms with van der Waals surface area (Å²) < 4.78 is 0. The molecule has 6 unspecified atom stereocenters. The van der Waals surface area contributed by atoms with E-state index >= 15 is 0 Å². The molecule has 1 aromatic rings. The van der Waals surface area contributed by atoms with Crippen LogP contribution in [-0.4, -0.2) is 115 Å². The Morgan fingerprint density at radius 2 is 0.863 bits per heavy atom. The maximum atomic E-state index is 12.9. The third-order valence-corrected chi connectivity index (χ3v) is 14.4. The first-order chi connectivity index (χ1) is 23.6. The van der Waals surface area contributed by atoms with Gasteiger partial charge in [-0.3, -0.25) is 29.1 Å².